The zero-order valence-corrected chi connectivity index (χ0v) is 12.1. The number of benzene rings is 1. The van der Waals surface area contributed by atoms with Gasteiger partial charge in [0.15, 0.2) is 0 Å². The van der Waals surface area contributed by atoms with Crippen molar-refractivity contribution in [2.75, 3.05) is 19.7 Å². The van der Waals surface area contributed by atoms with Crippen molar-refractivity contribution in [2.45, 2.75) is 32.8 Å². The molecule has 0 spiro atoms. The lowest BCUT2D eigenvalue weighted by Crippen LogP contribution is -2.13. The highest BCUT2D eigenvalue weighted by Gasteiger charge is 1.97. The van der Waals surface area contributed by atoms with Crippen LogP contribution in [0.2, 0.25) is 0 Å². The van der Waals surface area contributed by atoms with Gasteiger partial charge in [-0.05, 0) is 44.0 Å². The molecule has 0 atom stereocenters. The Balaban J connectivity index is 1.99. The average Bonchev–Trinajstić information content (AvgIpc) is 2.35. The van der Waals surface area contributed by atoms with E-state index in [1.807, 2.05) is 12.1 Å². The molecule has 0 radical (unpaired) electrons. The van der Waals surface area contributed by atoms with Gasteiger partial charge in [-0.2, -0.15) is 0 Å². The molecule has 96 valence electrons. The lowest BCUT2D eigenvalue weighted by Gasteiger charge is -2.06. The molecule has 0 aliphatic heterocycles. The molecular formula is C14H22BrNO. The molecule has 17 heavy (non-hydrogen) atoms. The van der Waals surface area contributed by atoms with Crippen LogP contribution in [0.3, 0.4) is 0 Å². The molecule has 1 N–H and O–H groups in total. The van der Waals surface area contributed by atoms with Crippen molar-refractivity contribution >= 4 is 15.9 Å². The molecule has 0 saturated carbocycles. The third-order valence-corrected chi connectivity index (χ3v) is 3.38. The van der Waals surface area contributed by atoms with Crippen LogP contribution in [0.25, 0.3) is 0 Å². The molecule has 0 amide bonds. The van der Waals surface area contributed by atoms with Gasteiger partial charge in [0.2, 0.25) is 0 Å². The summed E-state index contributed by atoms with van der Waals surface area (Å²) in [6.07, 6.45) is 3.63. The standard InChI is InChI=1S/C14H22BrNO/c1-2-16-10-6-3-7-11-17-12-13-8-4-5-9-14(13)15/h4-5,8-9,16H,2-3,6-7,10-12H2,1H3. The highest BCUT2D eigenvalue weighted by Crippen LogP contribution is 2.16. The summed E-state index contributed by atoms with van der Waals surface area (Å²) in [6.45, 7) is 5.89. The van der Waals surface area contributed by atoms with Crippen molar-refractivity contribution < 1.29 is 4.74 Å². The molecule has 0 heterocycles. The molecule has 1 aromatic carbocycles. The number of rotatable bonds is 9. The van der Waals surface area contributed by atoms with Crippen molar-refractivity contribution in [1.29, 1.82) is 0 Å². The van der Waals surface area contributed by atoms with Gasteiger partial charge in [-0.1, -0.05) is 41.1 Å². The maximum Gasteiger partial charge on any atom is 0.0727 e. The predicted octanol–water partition coefficient (Wildman–Crippen LogP) is 3.75. The van der Waals surface area contributed by atoms with Gasteiger partial charge >= 0.3 is 0 Å². The van der Waals surface area contributed by atoms with E-state index in [4.69, 9.17) is 4.74 Å². The largest absolute Gasteiger partial charge is 0.377 e. The Morgan fingerprint density at radius 2 is 2.00 bits per heavy atom. The second-order valence-electron chi connectivity index (χ2n) is 4.06. The van der Waals surface area contributed by atoms with Gasteiger partial charge in [0, 0.05) is 11.1 Å². The van der Waals surface area contributed by atoms with Gasteiger partial charge < -0.3 is 10.1 Å². The first-order chi connectivity index (χ1) is 8.34. The Morgan fingerprint density at radius 3 is 2.76 bits per heavy atom. The van der Waals surface area contributed by atoms with Crippen LogP contribution in [0.5, 0.6) is 0 Å². The molecular weight excluding hydrogens is 278 g/mol. The van der Waals surface area contributed by atoms with Gasteiger partial charge in [-0.15, -0.1) is 0 Å². The summed E-state index contributed by atoms with van der Waals surface area (Å²) >= 11 is 3.52. The lowest BCUT2D eigenvalue weighted by molar-refractivity contribution is 0.116. The van der Waals surface area contributed by atoms with Crippen LogP contribution in [0, 0.1) is 0 Å². The third kappa shape index (κ3) is 6.81. The van der Waals surface area contributed by atoms with E-state index in [1.54, 1.807) is 0 Å². The topological polar surface area (TPSA) is 21.3 Å². The van der Waals surface area contributed by atoms with Gasteiger partial charge in [0.1, 0.15) is 0 Å². The van der Waals surface area contributed by atoms with Crippen LogP contribution in [-0.2, 0) is 11.3 Å². The Labute approximate surface area is 113 Å². The van der Waals surface area contributed by atoms with Crippen LogP contribution in [-0.4, -0.2) is 19.7 Å². The summed E-state index contributed by atoms with van der Waals surface area (Å²) in [7, 11) is 0. The van der Waals surface area contributed by atoms with Crippen molar-refractivity contribution in [3.63, 3.8) is 0 Å². The normalized spacial score (nSPS) is 10.7. The van der Waals surface area contributed by atoms with Crippen molar-refractivity contribution in [3.05, 3.63) is 34.3 Å². The molecule has 1 aromatic rings. The first-order valence-electron chi connectivity index (χ1n) is 6.36. The summed E-state index contributed by atoms with van der Waals surface area (Å²) in [6, 6.07) is 8.21. The zero-order valence-electron chi connectivity index (χ0n) is 10.5. The SMILES string of the molecule is CCNCCCCCOCc1ccccc1Br. The van der Waals surface area contributed by atoms with E-state index < -0.39 is 0 Å². The molecule has 0 unspecified atom stereocenters. The van der Waals surface area contributed by atoms with Crippen LogP contribution < -0.4 is 5.32 Å². The summed E-state index contributed by atoms with van der Waals surface area (Å²) in [5.74, 6) is 0. The van der Waals surface area contributed by atoms with E-state index in [1.165, 1.54) is 18.4 Å². The highest BCUT2D eigenvalue weighted by atomic mass is 79.9. The highest BCUT2D eigenvalue weighted by molar-refractivity contribution is 9.10. The number of unbranched alkanes of at least 4 members (excludes halogenated alkanes) is 2. The van der Waals surface area contributed by atoms with Crippen LogP contribution in [0.4, 0.5) is 0 Å². The summed E-state index contributed by atoms with van der Waals surface area (Å²) in [5.41, 5.74) is 1.22. The van der Waals surface area contributed by atoms with E-state index >= 15 is 0 Å². The van der Waals surface area contributed by atoms with Crippen molar-refractivity contribution in [1.82, 2.24) is 5.32 Å². The molecule has 0 aliphatic rings. The maximum absolute atomic E-state index is 5.66. The van der Waals surface area contributed by atoms with Gasteiger partial charge in [0.05, 0.1) is 6.61 Å². The Hall–Kier alpha value is -0.380. The number of ether oxygens (including phenoxy) is 1. The summed E-state index contributed by atoms with van der Waals surface area (Å²) < 4.78 is 6.79. The van der Waals surface area contributed by atoms with E-state index in [-0.39, 0.29) is 0 Å². The molecule has 0 aliphatic carbocycles. The zero-order chi connectivity index (χ0) is 12.3. The number of nitrogens with one attached hydrogen (secondary N) is 1. The second-order valence-corrected chi connectivity index (χ2v) is 4.91. The van der Waals surface area contributed by atoms with Gasteiger partial charge in [-0.25, -0.2) is 0 Å². The molecule has 0 bridgehead atoms. The lowest BCUT2D eigenvalue weighted by atomic mass is 10.2. The minimum atomic E-state index is 0.703. The number of hydrogen-bond acceptors (Lipinski definition) is 2. The number of halogens is 1. The predicted molar refractivity (Wildman–Crippen MR) is 76.2 cm³/mol. The Morgan fingerprint density at radius 1 is 1.18 bits per heavy atom. The fourth-order valence-electron chi connectivity index (χ4n) is 1.61. The second kappa shape index (κ2) is 9.63. The quantitative estimate of drug-likeness (QED) is 0.701. The molecule has 3 heteroatoms. The van der Waals surface area contributed by atoms with Crippen LogP contribution in [0.15, 0.2) is 28.7 Å². The minimum absolute atomic E-state index is 0.703. The fourth-order valence-corrected chi connectivity index (χ4v) is 2.00. The average molecular weight is 300 g/mol. The van der Waals surface area contributed by atoms with Crippen LogP contribution >= 0.6 is 15.9 Å². The smallest absolute Gasteiger partial charge is 0.0727 e. The minimum Gasteiger partial charge on any atom is -0.377 e. The molecule has 1 rings (SSSR count). The maximum atomic E-state index is 5.66. The van der Waals surface area contributed by atoms with E-state index in [0.29, 0.717) is 6.61 Å². The molecule has 0 fully saturated rings. The number of hydrogen-bond donors (Lipinski definition) is 1. The third-order valence-electron chi connectivity index (χ3n) is 2.61. The molecule has 2 nitrogen and oxygen atoms in total. The Bertz CT molecular complexity index is 304. The first-order valence-corrected chi connectivity index (χ1v) is 7.15. The summed E-state index contributed by atoms with van der Waals surface area (Å²) in [4.78, 5) is 0. The van der Waals surface area contributed by atoms with Gasteiger partial charge in [-0.3, -0.25) is 0 Å². The first kappa shape index (κ1) is 14.7. The molecule has 0 aromatic heterocycles. The summed E-state index contributed by atoms with van der Waals surface area (Å²) in [5, 5.41) is 3.33. The van der Waals surface area contributed by atoms with Crippen molar-refractivity contribution in [2.24, 2.45) is 0 Å². The van der Waals surface area contributed by atoms with Crippen LogP contribution in [0.1, 0.15) is 31.7 Å². The van der Waals surface area contributed by atoms with Gasteiger partial charge in [0.25, 0.3) is 0 Å². The van der Waals surface area contributed by atoms with Crippen molar-refractivity contribution in [3.8, 4) is 0 Å². The monoisotopic (exact) mass is 299 g/mol. The fraction of sp³-hybridized carbons (Fsp3) is 0.571. The van der Waals surface area contributed by atoms with E-state index in [2.05, 4.69) is 40.3 Å². The molecule has 0 saturated heterocycles. The van der Waals surface area contributed by atoms with E-state index in [9.17, 15) is 0 Å². The van der Waals surface area contributed by atoms with E-state index in [0.717, 1.165) is 30.6 Å². The Kier molecular flexibility index (Phi) is 8.32.